The van der Waals surface area contributed by atoms with Crippen LogP contribution in [0.3, 0.4) is 0 Å². The Morgan fingerprint density at radius 2 is 1.67 bits per heavy atom. The molecule has 0 aliphatic carbocycles. The normalized spacial score (nSPS) is 11.9. The maximum atomic E-state index is 12.2. The van der Waals surface area contributed by atoms with Crippen LogP contribution in [0.15, 0.2) is 18.2 Å². The first-order valence-corrected chi connectivity index (χ1v) is 6.64. The maximum absolute atomic E-state index is 12.2. The number of amides is 1. The molecule has 1 rings (SSSR count). The van der Waals surface area contributed by atoms with Gasteiger partial charge in [-0.2, -0.15) is 0 Å². The van der Waals surface area contributed by atoms with Crippen molar-refractivity contribution in [3.63, 3.8) is 0 Å². The zero-order valence-corrected chi connectivity index (χ0v) is 12.7. The van der Waals surface area contributed by atoms with E-state index in [0.29, 0.717) is 23.5 Å². The molecule has 1 amide bonds. The number of benzene rings is 1. The third kappa shape index (κ3) is 4.98. The van der Waals surface area contributed by atoms with Gasteiger partial charge in [0.1, 0.15) is 17.5 Å². The number of carboxylic acids is 1. The minimum atomic E-state index is -1.05. The highest BCUT2D eigenvalue weighted by Crippen LogP contribution is 2.22. The number of ether oxygens (including phenoxy) is 2. The second-order valence-corrected chi connectivity index (χ2v) is 5.10. The lowest BCUT2D eigenvalue weighted by Gasteiger charge is -2.17. The number of carbonyl (C=O) groups is 2. The van der Waals surface area contributed by atoms with E-state index in [1.54, 1.807) is 6.07 Å². The van der Waals surface area contributed by atoms with E-state index >= 15 is 0 Å². The van der Waals surface area contributed by atoms with E-state index in [4.69, 9.17) is 14.6 Å². The summed E-state index contributed by atoms with van der Waals surface area (Å²) < 4.78 is 10.2. The molecule has 0 aliphatic heterocycles. The summed E-state index contributed by atoms with van der Waals surface area (Å²) in [7, 11) is 2.96. The summed E-state index contributed by atoms with van der Waals surface area (Å²) in [5.41, 5.74) is 0.293. The Hall–Kier alpha value is -2.24. The molecule has 1 atom stereocenters. The van der Waals surface area contributed by atoms with Gasteiger partial charge < -0.3 is 19.9 Å². The smallest absolute Gasteiger partial charge is 0.326 e. The molecule has 0 radical (unpaired) electrons. The van der Waals surface area contributed by atoms with Crippen molar-refractivity contribution in [2.45, 2.75) is 26.3 Å². The summed E-state index contributed by atoms with van der Waals surface area (Å²) in [5.74, 6) is -0.427. The van der Waals surface area contributed by atoms with Crippen molar-refractivity contribution in [1.82, 2.24) is 5.32 Å². The van der Waals surface area contributed by atoms with E-state index in [9.17, 15) is 9.59 Å². The van der Waals surface area contributed by atoms with Crippen molar-refractivity contribution < 1.29 is 24.2 Å². The summed E-state index contributed by atoms with van der Waals surface area (Å²) in [6, 6.07) is 3.78. The lowest BCUT2D eigenvalue weighted by molar-refractivity contribution is -0.139. The molecule has 0 heterocycles. The van der Waals surface area contributed by atoms with Gasteiger partial charge in [-0.05, 0) is 24.5 Å². The minimum Gasteiger partial charge on any atom is -0.497 e. The Bertz CT molecular complexity index is 491. The zero-order valence-electron chi connectivity index (χ0n) is 12.7. The van der Waals surface area contributed by atoms with Crippen LogP contribution in [0.5, 0.6) is 11.5 Å². The van der Waals surface area contributed by atoms with Crippen molar-refractivity contribution >= 4 is 11.9 Å². The number of nitrogens with one attached hydrogen (secondary N) is 1. The van der Waals surface area contributed by atoms with E-state index in [1.807, 2.05) is 13.8 Å². The third-order valence-electron chi connectivity index (χ3n) is 2.92. The summed E-state index contributed by atoms with van der Waals surface area (Å²) in [6.07, 6.45) is 0.363. The predicted molar refractivity (Wildman–Crippen MR) is 77.9 cm³/mol. The van der Waals surface area contributed by atoms with Gasteiger partial charge >= 0.3 is 5.97 Å². The van der Waals surface area contributed by atoms with E-state index < -0.39 is 17.9 Å². The highest BCUT2D eigenvalue weighted by atomic mass is 16.5. The highest BCUT2D eigenvalue weighted by molar-refractivity contribution is 5.97. The first kappa shape index (κ1) is 16.8. The minimum absolute atomic E-state index is 0.159. The zero-order chi connectivity index (χ0) is 16.0. The second-order valence-electron chi connectivity index (χ2n) is 5.10. The van der Waals surface area contributed by atoms with Crippen molar-refractivity contribution in [3.05, 3.63) is 23.8 Å². The first-order chi connectivity index (χ1) is 9.87. The first-order valence-electron chi connectivity index (χ1n) is 6.64. The van der Waals surface area contributed by atoms with Crippen LogP contribution >= 0.6 is 0 Å². The van der Waals surface area contributed by atoms with Crippen LogP contribution in [0.25, 0.3) is 0 Å². The number of rotatable bonds is 7. The van der Waals surface area contributed by atoms with Crippen LogP contribution in [0, 0.1) is 5.92 Å². The predicted octanol–water partition coefficient (Wildman–Crippen LogP) is 1.93. The van der Waals surface area contributed by atoms with Gasteiger partial charge in [-0.15, -0.1) is 0 Å². The molecular weight excluding hydrogens is 274 g/mol. The molecule has 0 saturated carbocycles. The van der Waals surface area contributed by atoms with Gasteiger partial charge in [0, 0.05) is 11.6 Å². The van der Waals surface area contributed by atoms with Crippen LogP contribution < -0.4 is 14.8 Å². The number of aliphatic carboxylic acids is 1. The van der Waals surface area contributed by atoms with Crippen LogP contribution in [0.1, 0.15) is 30.6 Å². The quantitative estimate of drug-likeness (QED) is 0.803. The molecular formula is C15H21NO5. The summed E-state index contributed by atoms with van der Waals surface area (Å²) in [4.78, 5) is 23.4. The van der Waals surface area contributed by atoms with Crippen LogP contribution in [0.4, 0.5) is 0 Å². The largest absolute Gasteiger partial charge is 0.497 e. The fourth-order valence-electron chi connectivity index (χ4n) is 1.87. The van der Waals surface area contributed by atoms with E-state index in [0.717, 1.165) is 0 Å². The summed E-state index contributed by atoms with van der Waals surface area (Å²) in [6.45, 7) is 3.80. The Balaban J connectivity index is 2.94. The second kappa shape index (κ2) is 7.52. The molecule has 2 N–H and O–H groups in total. The third-order valence-corrected chi connectivity index (χ3v) is 2.92. The van der Waals surface area contributed by atoms with E-state index in [2.05, 4.69) is 5.32 Å². The van der Waals surface area contributed by atoms with Crippen molar-refractivity contribution in [3.8, 4) is 11.5 Å². The molecule has 21 heavy (non-hydrogen) atoms. The van der Waals surface area contributed by atoms with Crippen LogP contribution in [-0.4, -0.2) is 37.2 Å². The van der Waals surface area contributed by atoms with Gasteiger partial charge in [0.15, 0.2) is 0 Å². The van der Waals surface area contributed by atoms with E-state index in [-0.39, 0.29) is 5.92 Å². The molecule has 0 aromatic heterocycles. The lowest BCUT2D eigenvalue weighted by atomic mass is 10.0. The molecule has 6 nitrogen and oxygen atoms in total. The maximum Gasteiger partial charge on any atom is 0.326 e. The van der Waals surface area contributed by atoms with Crippen molar-refractivity contribution in [2.24, 2.45) is 5.92 Å². The molecule has 0 fully saturated rings. The van der Waals surface area contributed by atoms with Crippen molar-refractivity contribution in [2.75, 3.05) is 14.2 Å². The Morgan fingerprint density at radius 1 is 1.14 bits per heavy atom. The van der Waals surface area contributed by atoms with Gasteiger partial charge in [-0.1, -0.05) is 13.8 Å². The Labute approximate surface area is 124 Å². The molecule has 116 valence electrons. The van der Waals surface area contributed by atoms with Gasteiger partial charge in [-0.25, -0.2) is 4.79 Å². The highest BCUT2D eigenvalue weighted by Gasteiger charge is 2.22. The van der Waals surface area contributed by atoms with Gasteiger partial charge in [0.2, 0.25) is 0 Å². The summed E-state index contributed by atoms with van der Waals surface area (Å²) in [5, 5.41) is 11.7. The fourth-order valence-corrected chi connectivity index (χ4v) is 1.87. The molecule has 0 unspecified atom stereocenters. The SMILES string of the molecule is COc1cc(OC)cc(C(=O)N[C@H](CC(C)C)C(=O)O)c1. The number of carbonyl (C=O) groups excluding carboxylic acids is 1. The molecule has 0 aliphatic rings. The average molecular weight is 295 g/mol. The summed E-state index contributed by atoms with van der Waals surface area (Å²) >= 11 is 0. The van der Waals surface area contributed by atoms with Crippen LogP contribution in [-0.2, 0) is 4.79 Å². The monoisotopic (exact) mass is 295 g/mol. The molecule has 1 aromatic rings. The number of carboxylic acid groups (broad SMARTS) is 1. The molecule has 6 heteroatoms. The molecule has 0 saturated heterocycles. The Morgan fingerprint density at radius 3 is 2.05 bits per heavy atom. The van der Waals surface area contributed by atoms with Gasteiger partial charge in [-0.3, -0.25) is 4.79 Å². The Kier molecular flexibility index (Phi) is 6.02. The van der Waals surface area contributed by atoms with Crippen molar-refractivity contribution in [1.29, 1.82) is 0 Å². The van der Waals surface area contributed by atoms with Crippen LogP contribution in [0.2, 0.25) is 0 Å². The number of hydrogen-bond acceptors (Lipinski definition) is 4. The van der Waals surface area contributed by atoms with Gasteiger partial charge in [0.25, 0.3) is 5.91 Å². The average Bonchev–Trinajstić information content (AvgIpc) is 2.45. The fraction of sp³-hybridized carbons (Fsp3) is 0.467. The number of methoxy groups -OCH3 is 2. The lowest BCUT2D eigenvalue weighted by Crippen LogP contribution is -2.41. The molecule has 0 spiro atoms. The van der Waals surface area contributed by atoms with E-state index in [1.165, 1.54) is 26.4 Å². The van der Waals surface area contributed by atoms with Gasteiger partial charge in [0.05, 0.1) is 14.2 Å². The topological polar surface area (TPSA) is 84.9 Å². The number of hydrogen-bond donors (Lipinski definition) is 2. The standard InChI is InChI=1S/C15H21NO5/c1-9(2)5-13(15(18)19)16-14(17)10-6-11(20-3)8-12(7-10)21-4/h6-9,13H,5H2,1-4H3,(H,16,17)(H,18,19)/t13-/m1/s1. The molecule has 1 aromatic carbocycles. The molecule has 0 bridgehead atoms.